The van der Waals surface area contributed by atoms with E-state index in [0.29, 0.717) is 21.6 Å². The summed E-state index contributed by atoms with van der Waals surface area (Å²) in [4.78, 5) is 23.8. The lowest BCUT2D eigenvalue weighted by molar-refractivity contribution is 0.102. The number of aromatic nitrogens is 3. The van der Waals surface area contributed by atoms with Crippen molar-refractivity contribution in [2.24, 2.45) is 0 Å². The van der Waals surface area contributed by atoms with Crippen LogP contribution >= 0.6 is 11.3 Å². The Labute approximate surface area is 199 Å². The summed E-state index contributed by atoms with van der Waals surface area (Å²) in [7, 11) is -3.38. The number of benzene rings is 1. The number of amides is 1. The Kier molecular flexibility index (Phi) is 5.71. The van der Waals surface area contributed by atoms with Crippen LogP contribution in [-0.2, 0) is 9.84 Å². The van der Waals surface area contributed by atoms with Crippen molar-refractivity contribution in [1.29, 1.82) is 0 Å². The maximum Gasteiger partial charge on any atom is 0.275 e. The Morgan fingerprint density at radius 2 is 2.03 bits per heavy atom. The van der Waals surface area contributed by atoms with E-state index < -0.39 is 9.84 Å². The molecule has 0 saturated carbocycles. The van der Waals surface area contributed by atoms with E-state index in [9.17, 15) is 18.3 Å². The molecule has 1 aromatic carbocycles. The molecule has 1 amide bonds. The third kappa shape index (κ3) is 4.22. The van der Waals surface area contributed by atoms with Crippen LogP contribution in [0.2, 0.25) is 0 Å². The van der Waals surface area contributed by atoms with Crippen molar-refractivity contribution >= 4 is 49.2 Å². The highest BCUT2D eigenvalue weighted by atomic mass is 32.2. The van der Waals surface area contributed by atoms with Crippen molar-refractivity contribution < 1.29 is 18.3 Å². The lowest BCUT2D eigenvalue weighted by atomic mass is 10.2. The average Bonchev–Trinajstić information content (AvgIpc) is 3.44. The van der Waals surface area contributed by atoms with E-state index in [1.54, 1.807) is 30.0 Å². The van der Waals surface area contributed by atoms with E-state index in [0.717, 1.165) is 38.1 Å². The summed E-state index contributed by atoms with van der Waals surface area (Å²) >= 11 is 1.19. The summed E-state index contributed by atoms with van der Waals surface area (Å²) < 4.78 is 25.2. The lowest BCUT2D eigenvalue weighted by Gasteiger charge is -2.30. The number of fused-ring (bicyclic) bond motifs is 1. The molecule has 34 heavy (non-hydrogen) atoms. The van der Waals surface area contributed by atoms with Gasteiger partial charge in [0.05, 0.1) is 22.5 Å². The highest BCUT2D eigenvalue weighted by Crippen LogP contribution is 2.33. The number of carbonyl (C=O) groups is 1. The predicted molar refractivity (Wildman–Crippen MR) is 131 cm³/mol. The van der Waals surface area contributed by atoms with E-state index in [4.69, 9.17) is 0 Å². The molecule has 10 nitrogen and oxygen atoms in total. The van der Waals surface area contributed by atoms with Gasteiger partial charge in [0.15, 0.2) is 15.0 Å². The SMILES string of the molecule is CS(=O)(=O)c1ccc2c(O)n(-c3nc(C(=O)Nc4cnccc4N4CCNCC4)cs3)cc2c1. The molecule has 176 valence electrons. The maximum atomic E-state index is 12.9. The maximum absolute atomic E-state index is 12.9. The molecule has 1 fully saturated rings. The normalized spacial score (nSPS) is 14.4. The third-order valence-electron chi connectivity index (χ3n) is 5.62. The number of aromatic hydroxyl groups is 1. The third-order valence-corrected chi connectivity index (χ3v) is 7.57. The number of nitrogens with zero attached hydrogens (tertiary/aromatic N) is 4. The van der Waals surface area contributed by atoms with Gasteiger partial charge in [-0.05, 0) is 24.3 Å². The van der Waals surface area contributed by atoms with Crippen molar-refractivity contribution in [2.45, 2.75) is 4.90 Å². The zero-order chi connectivity index (χ0) is 23.9. The van der Waals surface area contributed by atoms with Gasteiger partial charge in [-0.25, -0.2) is 13.4 Å². The molecule has 0 bridgehead atoms. The van der Waals surface area contributed by atoms with E-state index in [1.807, 2.05) is 6.07 Å². The Balaban J connectivity index is 1.41. The predicted octanol–water partition coefficient (Wildman–Crippen LogP) is 2.25. The molecule has 1 saturated heterocycles. The van der Waals surface area contributed by atoms with Crippen LogP contribution in [0, 0.1) is 0 Å². The van der Waals surface area contributed by atoms with Gasteiger partial charge >= 0.3 is 0 Å². The summed E-state index contributed by atoms with van der Waals surface area (Å²) in [5.74, 6) is -0.466. The first-order chi connectivity index (χ1) is 16.3. The molecule has 0 aliphatic carbocycles. The first kappa shape index (κ1) is 22.3. The minimum absolute atomic E-state index is 0.0791. The van der Waals surface area contributed by atoms with E-state index in [-0.39, 0.29) is 22.4 Å². The average molecular weight is 499 g/mol. The van der Waals surface area contributed by atoms with Crippen LogP contribution in [-0.4, -0.2) is 66.4 Å². The molecule has 3 aromatic heterocycles. The summed E-state index contributed by atoms with van der Waals surface area (Å²) in [6.45, 7) is 3.39. The van der Waals surface area contributed by atoms with Gasteiger partial charge in [-0.1, -0.05) is 0 Å². The fourth-order valence-electron chi connectivity index (χ4n) is 3.89. The highest BCUT2D eigenvalue weighted by Gasteiger charge is 2.20. The van der Waals surface area contributed by atoms with E-state index in [1.165, 1.54) is 28.0 Å². The van der Waals surface area contributed by atoms with Crippen molar-refractivity contribution in [2.75, 3.05) is 42.7 Å². The van der Waals surface area contributed by atoms with E-state index in [2.05, 4.69) is 25.5 Å². The van der Waals surface area contributed by atoms with Crippen LogP contribution in [0.3, 0.4) is 0 Å². The van der Waals surface area contributed by atoms with Gasteiger partial charge in [0.2, 0.25) is 5.88 Å². The Morgan fingerprint density at radius 3 is 2.79 bits per heavy atom. The summed E-state index contributed by atoms with van der Waals surface area (Å²) in [6, 6.07) is 6.38. The second-order valence-corrected chi connectivity index (χ2v) is 10.8. The molecule has 1 aliphatic rings. The van der Waals surface area contributed by atoms with Crippen LogP contribution in [0.5, 0.6) is 5.88 Å². The standard InChI is InChI=1S/C22H22N6O4S2/c1-34(31,32)15-2-3-16-14(10-15)12-28(21(16)30)22-26-18(13-33-22)20(29)25-17-11-24-5-4-19(17)27-8-6-23-7-9-27/h2-5,10-13,23,30H,6-9H2,1H3,(H,25,29). The molecule has 3 N–H and O–H groups in total. The minimum atomic E-state index is -3.38. The van der Waals surface area contributed by atoms with E-state index >= 15 is 0 Å². The number of pyridine rings is 1. The van der Waals surface area contributed by atoms with Gasteiger partial charge in [-0.3, -0.25) is 14.3 Å². The number of thiazole rings is 1. The van der Waals surface area contributed by atoms with Gasteiger partial charge in [0.1, 0.15) is 5.69 Å². The number of nitrogens with one attached hydrogen (secondary N) is 2. The number of hydrogen-bond acceptors (Lipinski definition) is 9. The second kappa shape index (κ2) is 8.70. The molecular formula is C22H22N6O4S2. The summed E-state index contributed by atoms with van der Waals surface area (Å²) in [5, 5.41) is 19.9. The Hall–Kier alpha value is -3.48. The van der Waals surface area contributed by atoms with Crippen molar-refractivity contribution in [1.82, 2.24) is 19.9 Å². The molecule has 0 spiro atoms. The molecule has 4 aromatic rings. The molecule has 5 rings (SSSR count). The largest absolute Gasteiger partial charge is 0.494 e. The smallest absolute Gasteiger partial charge is 0.275 e. The first-order valence-electron chi connectivity index (χ1n) is 10.5. The fourth-order valence-corrected chi connectivity index (χ4v) is 5.33. The Bertz CT molecular complexity index is 1490. The number of hydrogen-bond donors (Lipinski definition) is 3. The zero-order valence-corrected chi connectivity index (χ0v) is 19.9. The topological polar surface area (TPSA) is 129 Å². The van der Waals surface area contributed by atoms with Crippen LogP contribution in [0.1, 0.15) is 10.5 Å². The van der Waals surface area contributed by atoms with Gasteiger partial charge in [-0.2, -0.15) is 0 Å². The number of rotatable bonds is 5. The molecule has 1 aliphatic heterocycles. The van der Waals surface area contributed by atoms with Gasteiger partial charge in [-0.15, -0.1) is 11.3 Å². The van der Waals surface area contributed by atoms with Gasteiger partial charge in [0.25, 0.3) is 5.91 Å². The lowest BCUT2D eigenvalue weighted by Crippen LogP contribution is -2.43. The molecular weight excluding hydrogens is 476 g/mol. The van der Waals surface area contributed by atoms with Gasteiger partial charge in [0, 0.05) is 61.0 Å². The van der Waals surface area contributed by atoms with Gasteiger partial charge < -0.3 is 20.6 Å². The van der Waals surface area contributed by atoms with Crippen LogP contribution in [0.25, 0.3) is 15.9 Å². The van der Waals surface area contributed by atoms with Crippen molar-refractivity contribution in [3.63, 3.8) is 0 Å². The molecule has 0 unspecified atom stereocenters. The molecule has 12 heteroatoms. The summed E-state index contributed by atoms with van der Waals surface area (Å²) in [5.41, 5.74) is 1.70. The molecule has 0 radical (unpaired) electrons. The first-order valence-corrected chi connectivity index (χ1v) is 13.3. The zero-order valence-electron chi connectivity index (χ0n) is 18.2. The highest BCUT2D eigenvalue weighted by molar-refractivity contribution is 7.90. The van der Waals surface area contributed by atoms with Crippen LogP contribution in [0.15, 0.2) is 53.1 Å². The summed E-state index contributed by atoms with van der Waals surface area (Å²) in [6.07, 6.45) is 6.05. The second-order valence-electron chi connectivity index (χ2n) is 7.94. The number of sulfone groups is 1. The minimum Gasteiger partial charge on any atom is -0.494 e. The quantitative estimate of drug-likeness (QED) is 0.382. The Morgan fingerprint density at radius 1 is 1.24 bits per heavy atom. The van der Waals surface area contributed by atoms with Crippen LogP contribution < -0.4 is 15.5 Å². The monoisotopic (exact) mass is 498 g/mol. The number of anilines is 2. The van der Waals surface area contributed by atoms with Crippen molar-refractivity contribution in [3.05, 3.63) is 53.9 Å². The van der Waals surface area contributed by atoms with Crippen LogP contribution in [0.4, 0.5) is 11.4 Å². The number of carbonyl (C=O) groups excluding carboxylic acids is 1. The number of piperazine rings is 1. The van der Waals surface area contributed by atoms with Crippen molar-refractivity contribution in [3.8, 4) is 11.0 Å². The molecule has 4 heterocycles. The molecule has 0 atom stereocenters. The fraction of sp³-hybridized carbons (Fsp3) is 0.227.